The minimum Gasteiger partial charge on any atom is -0.490 e. The molecule has 1 aromatic heterocycles. The zero-order valence-electron chi connectivity index (χ0n) is 14.0. The summed E-state index contributed by atoms with van der Waals surface area (Å²) >= 11 is 0. The van der Waals surface area contributed by atoms with Crippen molar-refractivity contribution in [1.82, 2.24) is 0 Å². The molecule has 26 heavy (non-hydrogen) atoms. The number of para-hydroxylation sites is 1. The van der Waals surface area contributed by atoms with Crippen LogP contribution in [0.5, 0.6) is 5.75 Å². The molecule has 136 valence electrons. The summed E-state index contributed by atoms with van der Waals surface area (Å²) < 4.78 is 38.5. The maximum Gasteiger partial charge on any atom is 0.374 e. The first-order valence-electron chi connectivity index (χ1n) is 7.77. The van der Waals surface area contributed by atoms with Crippen molar-refractivity contribution in [3.63, 3.8) is 0 Å². The molecule has 0 aliphatic carbocycles. The molecule has 8 heteroatoms. The monoisotopic (exact) mass is 375 g/mol. The molecular weight excluding hydrogens is 358 g/mol. The third kappa shape index (κ3) is 3.87. The van der Waals surface area contributed by atoms with Crippen molar-refractivity contribution >= 4 is 27.0 Å². The van der Waals surface area contributed by atoms with E-state index in [0.29, 0.717) is 11.3 Å². The van der Waals surface area contributed by atoms with Gasteiger partial charge in [0.05, 0.1) is 4.90 Å². The second-order valence-electron chi connectivity index (χ2n) is 5.55. The fraction of sp³-hybridized carbons (Fsp3) is 0.167. The Morgan fingerprint density at radius 2 is 1.77 bits per heavy atom. The van der Waals surface area contributed by atoms with Crippen molar-refractivity contribution in [2.24, 2.45) is 5.14 Å². The lowest BCUT2D eigenvalue weighted by molar-refractivity contribution is 0.0416. The van der Waals surface area contributed by atoms with Crippen LogP contribution in [0.15, 0.2) is 57.8 Å². The SMILES string of the molecule is Cc1c(C(=O)OCCOc2ccc(S(N)(=O)=O)cc2)oc2ccccc12. The average molecular weight is 375 g/mol. The fourth-order valence-electron chi connectivity index (χ4n) is 2.45. The lowest BCUT2D eigenvalue weighted by atomic mass is 10.1. The van der Waals surface area contributed by atoms with Crippen LogP contribution in [0.1, 0.15) is 16.1 Å². The van der Waals surface area contributed by atoms with Gasteiger partial charge >= 0.3 is 5.97 Å². The van der Waals surface area contributed by atoms with E-state index in [2.05, 4.69) is 0 Å². The fourth-order valence-corrected chi connectivity index (χ4v) is 2.97. The first-order chi connectivity index (χ1) is 12.4. The van der Waals surface area contributed by atoms with Gasteiger partial charge in [-0.2, -0.15) is 0 Å². The third-order valence-electron chi connectivity index (χ3n) is 3.77. The number of rotatable bonds is 6. The number of primary sulfonamides is 1. The number of hydrogen-bond donors (Lipinski definition) is 1. The molecule has 0 bridgehead atoms. The highest BCUT2D eigenvalue weighted by molar-refractivity contribution is 7.89. The molecule has 0 saturated carbocycles. The van der Waals surface area contributed by atoms with Gasteiger partial charge in [0.1, 0.15) is 24.5 Å². The van der Waals surface area contributed by atoms with Crippen molar-refractivity contribution in [2.45, 2.75) is 11.8 Å². The Labute approximate surface area is 150 Å². The van der Waals surface area contributed by atoms with Gasteiger partial charge < -0.3 is 13.9 Å². The number of nitrogens with two attached hydrogens (primary N) is 1. The first kappa shape index (κ1) is 18.0. The largest absolute Gasteiger partial charge is 0.490 e. The van der Waals surface area contributed by atoms with Gasteiger partial charge in [-0.05, 0) is 37.3 Å². The van der Waals surface area contributed by atoms with Crippen molar-refractivity contribution in [2.75, 3.05) is 13.2 Å². The number of esters is 1. The van der Waals surface area contributed by atoms with Crippen molar-refractivity contribution < 1.29 is 27.1 Å². The molecule has 0 aliphatic rings. The quantitative estimate of drug-likeness (QED) is 0.524. The molecular formula is C18H17NO6S. The molecule has 3 rings (SSSR count). The summed E-state index contributed by atoms with van der Waals surface area (Å²) in [7, 11) is -3.74. The molecule has 0 spiro atoms. The van der Waals surface area contributed by atoms with Crippen LogP contribution in [-0.2, 0) is 14.8 Å². The topological polar surface area (TPSA) is 109 Å². The predicted octanol–water partition coefficient (Wildman–Crippen LogP) is 2.62. The smallest absolute Gasteiger partial charge is 0.374 e. The molecule has 0 amide bonds. The van der Waals surface area contributed by atoms with E-state index in [1.807, 2.05) is 18.2 Å². The first-order valence-corrected chi connectivity index (χ1v) is 9.32. The Kier molecular flexibility index (Phi) is 4.97. The average Bonchev–Trinajstić information content (AvgIpc) is 2.95. The lowest BCUT2D eigenvalue weighted by Gasteiger charge is -2.07. The zero-order chi connectivity index (χ0) is 18.7. The summed E-state index contributed by atoms with van der Waals surface area (Å²) in [6, 6.07) is 13.0. The maximum absolute atomic E-state index is 12.1. The summed E-state index contributed by atoms with van der Waals surface area (Å²) in [4.78, 5) is 12.1. The van der Waals surface area contributed by atoms with Gasteiger partial charge in [0.2, 0.25) is 15.8 Å². The normalized spacial score (nSPS) is 11.5. The second-order valence-corrected chi connectivity index (χ2v) is 7.11. The van der Waals surface area contributed by atoms with E-state index < -0.39 is 16.0 Å². The van der Waals surface area contributed by atoms with Crippen LogP contribution in [-0.4, -0.2) is 27.6 Å². The summed E-state index contributed by atoms with van der Waals surface area (Å²) in [6.07, 6.45) is 0. The number of ether oxygens (including phenoxy) is 2. The number of hydrogen-bond acceptors (Lipinski definition) is 6. The number of aryl methyl sites for hydroxylation is 1. The minimum atomic E-state index is -3.74. The van der Waals surface area contributed by atoms with E-state index in [1.165, 1.54) is 24.3 Å². The van der Waals surface area contributed by atoms with E-state index in [9.17, 15) is 13.2 Å². The van der Waals surface area contributed by atoms with E-state index in [-0.39, 0.29) is 23.9 Å². The van der Waals surface area contributed by atoms with Gasteiger partial charge in [0.15, 0.2) is 0 Å². The number of sulfonamides is 1. The lowest BCUT2D eigenvalue weighted by Crippen LogP contribution is -2.13. The zero-order valence-corrected chi connectivity index (χ0v) is 14.8. The number of fused-ring (bicyclic) bond motifs is 1. The Morgan fingerprint density at radius 3 is 2.42 bits per heavy atom. The molecule has 2 N–H and O–H groups in total. The minimum absolute atomic E-state index is 0.00311. The summed E-state index contributed by atoms with van der Waals surface area (Å²) in [6.45, 7) is 1.93. The van der Waals surface area contributed by atoms with Crippen LogP contribution in [0.2, 0.25) is 0 Å². The van der Waals surface area contributed by atoms with Crippen LogP contribution in [0.3, 0.4) is 0 Å². The molecule has 0 fully saturated rings. The highest BCUT2D eigenvalue weighted by Gasteiger charge is 2.18. The molecule has 0 unspecified atom stereocenters. The summed E-state index contributed by atoms with van der Waals surface area (Å²) in [5.41, 5.74) is 1.35. The Bertz CT molecular complexity index is 1040. The van der Waals surface area contributed by atoms with Gasteiger partial charge in [-0.25, -0.2) is 18.4 Å². The molecule has 0 aliphatic heterocycles. The van der Waals surface area contributed by atoms with E-state index >= 15 is 0 Å². The van der Waals surface area contributed by atoms with E-state index in [0.717, 1.165) is 10.9 Å². The molecule has 0 saturated heterocycles. The summed E-state index contributed by atoms with van der Waals surface area (Å²) in [5.74, 6) is 0.0453. The Hall–Kier alpha value is -2.84. The highest BCUT2D eigenvalue weighted by atomic mass is 32.2. The second kappa shape index (κ2) is 7.19. The number of carbonyl (C=O) groups is 1. The van der Waals surface area contributed by atoms with Crippen LogP contribution in [0.4, 0.5) is 0 Å². The highest BCUT2D eigenvalue weighted by Crippen LogP contribution is 2.25. The Balaban J connectivity index is 1.54. The molecule has 2 aromatic carbocycles. The van der Waals surface area contributed by atoms with Crippen LogP contribution in [0, 0.1) is 6.92 Å². The van der Waals surface area contributed by atoms with Gasteiger partial charge in [-0.3, -0.25) is 0 Å². The van der Waals surface area contributed by atoms with Crippen LogP contribution < -0.4 is 9.88 Å². The number of furan rings is 1. The number of benzene rings is 2. The standard InChI is InChI=1S/C18H17NO6S/c1-12-15-4-2-3-5-16(15)25-17(12)18(20)24-11-10-23-13-6-8-14(9-7-13)26(19,21)22/h2-9H,10-11H2,1H3,(H2,19,21,22). The predicted molar refractivity (Wildman–Crippen MR) is 94.5 cm³/mol. The Morgan fingerprint density at radius 1 is 1.08 bits per heavy atom. The summed E-state index contributed by atoms with van der Waals surface area (Å²) in [5, 5.41) is 5.89. The van der Waals surface area contributed by atoms with Gasteiger partial charge in [0, 0.05) is 10.9 Å². The molecule has 0 radical (unpaired) electrons. The van der Waals surface area contributed by atoms with Crippen molar-refractivity contribution in [3.8, 4) is 5.75 Å². The van der Waals surface area contributed by atoms with Crippen LogP contribution in [0.25, 0.3) is 11.0 Å². The van der Waals surface area contributed by atoms with E-state index in [4.69, 9.17) is 19.0 Å². The molecule has 1 heterocycles. The molecule has 3 aromatic rings. The van der Waals surface area contributed by atoms with E-state index in [1.54, 1.807) is 13.0 Å². The van der Waals surface area contributed by atoms with Gasteiger partial charge in [-0.15, -0.1) is 0 Å². The van der Waals surface area contributed by atoms with Gasteiger partial charge in [0.25, 0.3) is 0 Å². The van der Waals surface area contributed by atoms with Crippen LogP contribution >= 0.6 is 0 Å². The number of carbonyl (C=O) groups excluding carboxylic acids is 1. The van der Waals surface area contributed by atoms with Crippen molar-refractivity contribution in [1.29, 1.82) is 0 Å². The third-order valence-corrected chi connectivity index (χ3v) is 4.70. The van der Waals surface area contributed by atoms with Gasteiger partial charge in [-0.1, -0.05) is 18.2 Å². The maximum atomic E-state index is 12.1. The molecule has 0 atom stereocenters. The molecule has 7 nitrogen and oxygen atoms in total. The van der Waals surface area contributed by atoms with Crippen molar-refractivity contribution in [3.05, 3.63) is 59.9 Å².